The van der Waals surface area contributed by atoms with Crippen molar-refractivity contribution >= 4 is 5.96 Å². The third kappa shape index (κ3) is 8.45. The molecule has 0 aliphatic carbocycles. The lowest BCUT2D eigenvalue weighted by Crippen LogP contribution is -2.45. The molecule has 0 aliphatic heterocycles. The molecule has 5 nitrogen and oxygen atoms in total. The van der Waals surface area contributed by atoms with E-state index in [2.05, 4.69) is 67.5 Å². The fraction of sp³-hybridized carbons (Fsp3) is 0.611. The first-order chi connectivity index (χ1) is 10.8. The number of nitrogens with zero attached hydrogens (tertiary/aromatic N) is 2. The van der Waals surface area contributed by atoms with E-state index in [0.717, 1.165) is 24.8 Å². The maximum Gasteiger partial charge on any atom is 0.191 e. The molecule has 2 N–H and O–H groups in total. The summed E-state index contributed by atoms with van der Waals surface area (Å²) in [7, 11) is 5.98. The predicted molar refractivity (Wildman–Crippen MR) is 98.4 cm³/mol. The Morgan fingerprint density at radius 2 is 1.83 bits per heavy atom. The summed E-state index contributed by atoms with van der Waals surface area (Å²) in [5, 5.41) is 6.66. The fourth-order valence-corrected chi connectivity index (χ4v) is 2.43. The van der Waals surface area contributed by atoms with Gasteiger partial charge in [-0.05, 0) is 38.6 Å². The Morgan fingerprint density at radius 1 is 1.17 bits per heavy atom. The molecule has 5 heteroatoms. The van der Waals surface area contributed by atoms with Crippen LogP contribution >= 0.6 is 0 Å². The van der Waals surface area contributed by atoms with Crippen molar-refractivity contribution in [1.82, 2.24) is 15.5 Å². The van der Waals surface area contributed by atoms with E-state index >= 15 is 0 Å². The zero-order valence-electron chi connectivity index (χ0n) is 15.4. The minimum atomic E-state index is 0.180. The van der Waals surface area contributed by atoms with Gasteiger partial charge in [-0.25, -0.2) is 0 Å². The fourth-order valence-electron chi connectivity index (χ4n) is 2.43. The Kier molecular flexibility index (Phi) is 7.89. The van der Waals surface area contributed by atoms with E-state index < -0.39 is 0 Å². The highest BCUT2D eigenvalue weighted by Gasteiger charge is 2.19. The van der Waals surface area contributed by atoms with Gasteiger partial charge in [0, 0.05) is 20.1 Å². The van der Waals surface area contributed by atoms with Gasteiger partial charge in [-0.15, -0.1) is 0 Å². The van der Waals surface area contributed by atoms with Crippen LogP contribution in [0.15, 0.2) is 29.3 Å². The van der Waals surface area contributed by atoms with Crippen molar-refractivity contribution in [2.75, 3.05) is 47.4 Å². The second kappa shape index (κ2) is 9.40. The van der Waals surface area contributed by atoms with Crippen LogP contribution in [0.1, 0.15) is 19.4 Å². The first-order valence-corrected chi connectivity index (χ1v) is 8.11. The molecule has 0 fully saturated rings. The molecule has 1 rings (SSSR count). The normalized spacial score (nSPS) is 12.4. The standard InChI is InChI=1S/C18H32N4O/c1-15-7-9-16(10-8-15)23-12-11-20-17(19-4)21-13-18(2,3)14-22(5)6/h7-10H,11-14H2,1-6H3,(H2,19,20,21). The van der Waals surface area contributed by atoms with Crippen LogP contribution in [0.2, 0.25) is 0 Å². The number of benzene rings is 1. The average Bonchev–Trinajstić information content (AvgIpc) is 2.47. The highest BCUT2D eigenvalue weighted by atomic mass is 16.5. The van der Waals surface area contributed by atoms with Crippen LogP contribution in [0.3, 0.4) is 0 Å². The first-order valence-electron chi connectivity index (χ1n) is 8.11. The maximum absolute atomic E-state index is 5.70. The summed E-state index contributed by atoms with van der Waals surface area (Å²) in [6.07, 6.45) is 0. The zero-order chi connectivity index (χ0) is 17.3. The minimum Gasteiger partial charge on any atom is -0.492 e. The summed E-state index contributed by atoms with van der Waals surface area (Å²) in [5.41, 5.74) is 1.42. The van der Waals surface area contributed by atoms with Gasteiger partial charge in [0.15, 0.2) is 5.96 Å². The number of hydrogen-bond donors (Lipinski definition) is 2. The lowest BCUT2D eigenvalue weighted by atomic mass is 9.93. The number of rotatable bonds is 8. The molecule has 1 aromatic carbocycles. The molecule has 0 heterocycles. The van der Waals surface area contributed by atoms with Crippen molar-refractivity contribution in [3.8, 4) is 5.75 Å². The molecule has 1 aromatic rings. The lowest BCUT2D eigenvalue weighted by molar-refractivity contribution is 0.241. The molecule has 0 aliphatic rings. The Labute approximate surface area is 141 Å². The molecule has 0 saturated carbocycles. The monoisotopic (exact) mass is 320 g/mol. The summed E-state index contributed by atoms with van der Waals surface area (Å²) in [6, 6.07) is 8.09. The molecule has 0 saturated heterocycles. The number of hydrogen-bond acceptors (Lipinski definition) is 3. The molecule has 0 amide bonds. The molecular formula is C18H32N4O. The smallest absolute Gasteiger partial charge is 0.191 e. The molecule has 130 valence electrons. The third-order valence-corrected chi connectivity index (χ3v) is 3.39. The van der Waals surface area contributed by atoms with E-state index in [1.165, 1.54) is 5.56 Å². The summed E-state index contributed by atoms with van der Waals surface area (Å²) in [5.74, 6) is 1.71. The van der Waals surface area contributed by atoms with E-state index in [-0.39, 0.29) is 5.41 Å². The van der Waals surface area contributed by atoms with Crippen molar-refractivity contribution in [3.05, 3.63) is 29.8 Å². The molecular weight excluding hydrogens is 288 g/mol. The summed E-state index contributed by atoms with van der Waals surface area (Å²) < 4.78 is 5.70. The largest absolute Gasteiger partial charge is 0.492 e. The van der Waals surface area contributed by atoms with Gasteiger partial charge in [0.1, 0.15) is 12.4 Å². The number of ether oxygens (including phenoxy) is 1. The van der Waals surface area contributed by atoms with Crippen LogP contribution in [-0.4, -0.2) is 58.2 Å². The quantitative estimate of drug-likeness (QED) is 0.438. The van der Waals surface area contributed by atoms with Crippen LogP contribution in [-0.2, 0) is 0 Å². The molecule has 0 bridgehead atoms. The predicted octanol–water partition coefficient (Wildman–Crippen LogP) is 2.13. The van der Waals surface area contributed by atoms with E-state index in [0.29, 0.717) is 13.2 Å². The summed E-state index contributed by atoms with van der Waals surface area (Å²) in [4.78, 5) is 6.45. The Balaban J connectivity index is 2.27. The van der Waals surface area contributed by atoms with Crippen LogP contribution in [0.25, 0.3) is 0 Å². The number of nitrogens with one attached hydrogen (secondary N) is 2. The highest BCUT2D eigenvalue weighted by molar-refractivity contribution is 5.79. The number of aryl methyl sites for hydroxylation is 1. The van der Waals surface area contributed by atoms with Crippen LogP contribution < -0.4 is 15.4 Å². The van der Waals surface area contributed by atoms with Crippen molar-refractivity contribution in [2.24, 2.45) is 10.4 Å². The van der Waals surface area contributed by atoms with Crippen molar-refractivity contribution in [1.29, 1.82) is 0 Å². The molecule has 0 spiro atoms. The van der Waals surface area contributed by atoms with Crippen molar-refractivity contribution < 1.29 is 4.74 Å². The van der Waals surface area contributed by atoms with Crippen molar-refractivity contribution in [2.45, 2.75) is 20.8 Å². The summed E-state index contributed by atoms with van der Waals surface area (Å²) >= 11 is 0. The van der Waals surface area contributed by atoms with Gasteiger partial charge >= 0.3 is 0 Å². The van der Waals surface area contributed by atoms with Gasteiger partial charge in [0.2, 0.25) is 0 Å². The molecule has 0 radical (unpaired) electrons. The third-order valence-electron chi connectivity index (χ3n) is 3.39. The highest BCUT2D eigenvalue weighted by Crippen LogP contribution is 2.14. The second-order valence-electron chi connectivity index (χ2n) is 6.92. The first kappa shape index (κ1) is 19.3. The van der Waals surface area contributed by atoms with Crippen LogP contribution in [0, 0.1) is 12.3 Å². The van der Waals surface area contributed by atoms with Gasteiger partial charge in [-0.3, -0.25) is 4.99 Å². The van der Waals surface area contributed by atoms with E-state index in [4.69, 9.17) is 4.74 Å². The molecule has 0 aromatic heterocycles. The van der Waals surface area contributed by atoms with Crippen LogP contribution in [0.4, 0.5) is 0 Å². The second-order valence-corrected chi connectivity index (χ2v) is 6.92. The SMILES string of the molecule is CN=C(NCCOc1ccc(C)cc1)NCC(C)(C)CN(C)C. The molecule has 23 heavy (non-hydrogen) atoms. The van der Waals surface area contributed by atoms with Gasteiger partial charge < -0.3 is 20.3 Å². The van der Waals surface area contributed by atoms with Gasteiger partial charge in [0.05, 0.1) is 6.54 Å². The topological polar surface area (TPSA) is 48.9 Å². The van der Waals surface area contributed by atoms with E-state index in [1.54, 1.807) is 7.05 Å². The zero-order valence-corrected chi connectivity index (χ0v) is 15.4. The summed E-state index contributed by atoms with van der Waals surface area (Å²) in [6.45, 7) is 9.75. The Hall–Kier alpha value is -1.75. The maximum atomic E-state index is 5.70. The Bertz CT molecular complexity index is 480. The lowest BCUT2D eigenvalue weighted by Gasteiger charge is -2.29. The number of guanidine groups is 1. The average molecular weight is 320 g/mol. The Morgan fingerprint density at radius 3 is 2.39 bits per heavy atom. The van der Waals surface area contributed by atoms with Gasteiger partial charge in [-0.1, -0.05) is 31.5 Å². The van der Waals surface area contributed by atoms with Crippen LogP contribution in [0.5, 0.6) is 5.75 Å². The van der Waals surface area contributed by atoms with E-state index in [9.17, 15) is 0 Å². The van der Waals surface area contributed by atoms with Gasteiger partial charge in [-0.2, -0.15) is 0 Å². The van der Waals surface area contributed by atoms with Crippen molar-refractivity contribution in [3.63, 3.8) is 0 Å². The number of aliphatic imine (C=N–C) groups is 1. The molecule has 0 unspecified atom stereocenters. The molecule has 0 atom stereocenters. The van der Waals surface area contributed by atoms with Gasteiger partial charge in [0.25, 0.3) is 0 Å². The van der Waals surface area contributed by atoms with E-state index in [1.807, 2.05) is 12.1 Å². The minimum absolute atomic E-state index is 0.180.